The molecule has 1 aliphatic heterocycles. The summed E-state index contributed by atoms with van der Waals surface area (Å²) < 4.78 is 29.5. The van der Waals surface area contributed by atoms with Crippen molar-refractivity contribution in [2.24, 2.45) is 0 Å². The van der Waals surface area contributed by atoms with Gasteiger partial charge in [-0.3, -0.25) is 9.52 Å². The van der Waals surface area contributed by atoms with Crippen molar-refractivity contribution in [1.82, 2.24) is 9.47 Å². The third kappa shape index (κ3) is 2.96. The molecule has 0 unspecified atom stereocenters. The fraction of sp³-hybridized carbons (Fsp3) is 0.312. The van der Waals surface area contributed by atoms with Crippen LogP contribution >= 0.6 is 0 Å². The van der Waals surface area contributed by atoms with Crippen molar-refractivity contribution in [2.45, 2.75) is 24.8 Å². The highest BCUT2D eigenvalue weighted by atomic mass is 32.2. The summed E-state index contributed by atoms with van der Waals surface area (Å²) in [6, 6.07) is 8.63. The number of aromatic nitrogens is 1. The molecule has 0 atom stereocenters. The van der Waals surface area contributed by atoms with Gasteiger partial charge in [0.1, 0.15) is 10.6 Å². The van der Waals surface area contributed by atoms with Gasteiger partial charge in [0.2, 0.25) is 0 Å². The lowest BCUT2D eigenvalue weighted by atomic mass is 10.2. The zero-order chi connectivity index (χ0) is 16.6. The predicted molar refractivity (Wildman–Crippen MR) is 88.0 cm³/mol. The van der Waals surface area contributed by atoms with E-state index in [0.717, 1.165) is 12.0 Å². The molecular formula is C16H19N3O3S. The first-order chi connectivity index (χ1) is 10.9. The number of hydrogen-bond donors (Lipinski definition) is 1. The molecule has 1 aromatic heterocycles. The summed E-state index contributed by atoms with van der Waals surface area (Å²) in [4.78, 5) is 14.0. The van der Waals surface area contributed by atoms with Gasteiger partial charge in [-0.25, -0.2) is 8.42 Å². The van der Waals surface area contributed by atoms with Crippen molar-refractivity contribution in [3.05, 3.63) is 47.8 Å². The normalized spacial score (nSPS) is 15.2. The maximum absolute atomic E-state index is 12.6. The highest BCUT2D eigenvalue weighted by Crippen LogP contribution is 2.23. The smallest absolute Gasteiger partial charge is 0.270 e. The zero-order valence-electron chi connectivity index (χ0n) is 13.1. The number of nitrogens with one attached hydrogen (secondary N) is 1. The van der Waals surface area contributed by atoms with E-state index in [2.05, 4.69) is 4.72 Å². The average molecular weight is 333 g/mol. The Labute approximate surface area is 135 Å². The van der Waals surface area contributed by atoms with Crippen LogP contribution in [0, 0.1) is 6.92 Å². The Bertz CT molecular complexity index is 855. The van der Waals surface area contributed by atoms with E-state index in [1.165, 1.54) is 12.3 Å². The predicted octanol–water partition coefficient (Wildman–Crippen LogP) is 2.07. The molecule has 2 heterocycles. The van der Waals surface area contributed by atoms with Crippen molar-refractivity contribution in [3.8, 4) is 0 Å². The average Bonchev–Trinajstić information content (AvgIpc) is 2.88. The fourth-order valence-corrected chi connectivity index (χ4v) is 3.83. The Morgan fingerprint density at radius 2 is 1.91 bits per heavy atom. The van der Waals surface area contributed by atoms with Gasteiger partial charge in [0.05, 0.1) is 5.69 Å². The van der Waals surface area contributed by atoms with E-state index in [1.807, 2.05) is 19.1 Å². The number of anilines is 1. The lowest BCUT2D eigenvalue weighted by molar-refractivity contribution is 0.0796. The maximum atomic E-state index is 12.6. The van der Waals surface area contributed by atoms with Crippen LogP contribution in [0.4, 0.5) is 5.69 Å². The summed E-state index contributed by atoms with van der Waals surface area (Å²) >= 11 is 0. The SMILES string of the molecule is Cc1ccccc1NS(=O)(=O)c1cc2n(c1)CCCN(C)C2=O. The number of rotatable bonds is 3. The maximum Gasteiger partial charge on any atom is 0.270 e. The van der Waals surface area contributed by atoms with Gasteiger partial charge in [0, 0.05) is 26.3 Å². The van der Waals surface area contributed by atoms with E-state index in [9.17, 15) is 13.2 Å². The minimum absolute atomic E-state index is 0.111. The van der Waals surface area contributed by atoms with E-state index >= 15 is 0 Å². The molecule has 0 saturated heterocycles. The quantitative estimate of drug-likeness (QED) is 0.935. The molecular weight excluding hydrogens is 314 g/mol. The second kappa shape index (κ2) is 5.73. The number of hydrogen-bond acceptors (Lipinski definition) is 3. The Kier molecular flexibility index (Phi) is 3.89. The van der Waals surface area contributed by atoms with Crippen LogP contribution in [-0.4, -0.2) is 37.4 Å². The van der Waals surface area contributed by atoms with Crippen LogP contribution in [-0.2, 0) is 16.6 Å². The number of para-hydroxylation sites is 1. The highest BCUT2D eigenvalue weighted by Gasteiger charge is 2.25. The number of sulfonamides is 1. The molecule has 0 saturated carbocycles. The summed E-state index contributed by atoms with van der Waals surface area (Å²) in [6.45, 7) is 3.14. The number of nitrogens with zero attached hydrogens (tertiary/aromatic N) is 2. The number of amides is 1. The molecule has 1 aromatic carbocycles. The first-order valence-electron chi connectivity index (χ1n) is 7.42. The summed E-state index contributed by atoms with van der Waals surface area (Å²) in [5.41, 5.74) is 1.79. The molecule has 2 aromatic rings. The van der Waals surface area contributed by atoms with Gasteiger partial charge < -0.3 is 9.47 Å². The molecule has 3 rings (SSSR count). The lowest BCUT2D eigenvalue weighted by Crippen LogP contribution is -2.26. The molecule has 1 N–H and O–H groups in total. The van der Waals surface area contributed by atoms with Crippen LogP contribution in [0.2, 0.25) is 0 Å². The first kappa shape index (κ1) is 15.6. The second-order valence-electron chi connectivity index (χ2n) is 5.76. The third-order valence-corrected chi connectivity index (χ3v) is 5.36. The summed E-state index contributed by atoms with van der Waals surface area (Å²) in [6.07, 6.45) is 2.33. The molecule has 1 amide bonds. The van der Waals surface area contributed by atoms with Crippen LogP contribution in [0.25, 0.3) is 0 Å². The summed E-state index contributed by atoms with van der Waals surface area (Å²) in [5, 5.41) is 0. The molecule has 0 spiro atoms. The Morgan fingerprint density at radius 1 is 1.17 bits per heavy atom. The fourth-order valence-electron chi connectivity index (χ4n) is 2.66. The molecule has 1 aliphatic rings. The highest BCUT2D eigenvalue weighted by molar-refractivity contribution is 7.92. The molecule has 0 bridgehead atoms. The van der Waals surface area contributed by atoms with E-state index in [4.69, 9.17) is 0 Å². The lowest BCUT2D eigenvalue weighted by Gasteiger charge is -2.12. The molecule has 6 nitrogen and oxygen atoms in total. The Balaban J connectivity index is 1.96. The topological polar surface area (TPSA) is 71.4 Å². The first-order valence-corrected chi connectivity index (χ1v) is 8.91. The van der Waals surface area contributed by atoms with Crippen LogP contribution in [0.1, 0.15) is 22.5 Å². The van der Waals surface area contributed by atoms with Crippen LogP contribution in [0.5, 0.6) is 0 Å². The second-order valence-corrected chi connectivity index (χ2v) is 7.44. The van der Waals surface area contributed by atoms with Gasteiger partial charge >= 0.3 is 0 Å². The van der Waals surface area contributed by atoms with Gasteiger partial charge in [-0.2, -0.15) is 0 Å². The van der Waals surface area contributed by atoms with Gasteiger partial charge in [0.25, 0.3) is 15.9 Å². The van der Waals surface area contributed by atoms with Crippen LogP contribution in [0.3, 0.4) is 0 Å². The number of benzene rings is 1. The number of aryl methyl sites for hydroxylation is 2. The molecule has 0 fully saturated rings. The van der Waals surface area contributed by atoms with Crippen molar-refractivity contribution in [3.63, 3.8) is 0 Å². The van der Waals surface area contributed by atoms with Crippen LogP contribution in [0.15, 0.2) is 41.4 Å². The summed E-state index contributed by atoms with van der Waals surface area (Å²) in [7, 11) is -2.00. The van der Waals surface area contributed by atoms with Crippen molar-refractivity contribution < 1.29 is 13.2 Å². The third-order valence-electron chi connectivity index (χ3n) is 4.03. The molecule has 122 valence electrons. The molecule has 0 radical (unpaired) electrons. The van der Waals surface area contributed by atoms with Gasteiger partial charge in [-0.1, -0.05) is 18.2 Å². The van der Waals surface area contributed by atoms with Gasteiger partial charge in [-0.15, -0.1) is 0 Å². The van der Waals surface area contributed by atoms with Crippen LogP contribution < -0.4 is 4.72 Å². The van der Waals surface area contributed by atoms with E-state index in [-0.39, 0.29) is 10.8 Å². The molecule has 23 heavy (non-hydrogen) atoms. The number of fused-ring (bicyclic) bond motifs is 1. The van der Waals surface area contributed by atoms with E-state index in [1.54, 1.807) is 28.6 Å². The van der Waals surface area contributed by atoms with Crippen molar-refractivity contribution in [1.29, 1.82) is 0 Å². The Hall–Kier alpha value is -2.28. The zero-order valence-corrected chi connectivity index (χ0v) is 13.9. The van der Waals surface area contributed by atoms with E-state index in [0.29, 0.717) is 24.5 Å². The summed E-state index contributed by atoms with van der Waals surface area (Å²) in [5.74, 6) is -0.153. The van der Waals surface area contributed by atoms with Crippen molar-refractivity contribution in [2.75, 3.05) is 18.3 Å². The molecule has 7 heteroatoms. The van der Waals surface area contributed by atoms with E-state index < -0.39 is 10.0 Å². The minimum atomic E-state index is -3.72. The molecule has 0 aliphatic carbocycles. The Morgan fingerprint density at radius 3 is 2.65 bits per heavy atom. The van der Waals surface area contributed by atoms with Gasteiger partial charge in [-0.05, 0) is 31.0 Å². The minimum Gasteiger partial charge on any atom is -0.342 e. The largest absolute Gasteiger partial charge is 0.342 e. The number of carbonyl (C=O) groups is 1. The standard InChI is InChI=1S/C16H19N3O3S/c1-12-6-3-4-7-14(12)17-23(21,22)13-10-15-16(20)18(2)8-5-9-19(15)11-13/h3-4,6-7,10-11,17H,5,8-9H2,1-2H3. The van der Waals surface area contributed by atoms with Crippen molar-refractivity contribution >= 4 is 21.6 Å². The van der Waals surface area contributed by atoms with Gasteiger partial charge in [0.15, 0.2) is 0 Å². The number of carbonyl (C=O) groups excluding carboxylic acids is 1. The monoisotopic (exact) mass is 333 g/mol.